The first-order valence-corrected chi connectivity index (χ1v) is 19.6. The number of hydrogen-bond donors (Lipinski definition) is 2. The largest absolute Gasteiger partial charge is 0.393 e. The maximum atomic E-state index is 13.0. The van der Waals surface area contributed by atoms with Gasteiger partial charge in [0.25, 0.3) is 0 Å². The molecule has 0 aromatic carbocycles. The highest BCUT2D eigenvalue weighted by Gasteiger charge is 2.48. The van der Waals surface area contributed by atoms with Crippen LogP contribution < -0.4 is 5.32 Å². The van der Waals surface area contributed by atoms with Crippen LogP contribution in [0.2, 0.25) is 0 Å². The normalized spacial score (nSPS) is 34.6. The zero-order chi connectivity index (χ0) is 34.2. The summed E-state index contributed by atoms with van der Waals surface area (Å²) in [6.07, 6.45) is 20.1. The average molecular weight is 675 g/mol. The highest BCUT2D eigenvalue weighted by molar-refractivity contribution is 6.02. The van der Waals surface area contributed by atoms with Gasteiger partial charge in [-0.05, 0) is 132 Å². The number of imide groups is 1. The lowest BCUT2D eigenvalue weighted by Crippen LogP contribution is -2.53. The number of nitrogens with one attached hydrogen (secondary N) is 1. The van der Waals surface area contributed by atoms with Crippen molar-refractivity contribution in [2.24, 2.45) is 29.6 Å². The zero-order valence-corrected chi connectivity index (χ0v) is 29.7. The summed E-state index contributed by atoms with van der Waals surface area (Å²) in [6.45, 7) is 3.65. The highest BCUT2D eigenvalue weighted by Crippen LogP contribution is 2.46. The van der Waals surface area contributed by atoms with Crippen LogP contribution >= 0.6 is 0 Å². The SMILES string of the molecule is CC/C(=C(\C1CCC(O)CC1)C1CCC(OCC#CC#CCOC2CCC3C(=O)N(C4CCC(=O)NC4=O)CC3C2)CC1)C1CCCCC1. The van der Waals surface area contributed by atoms with E-state index in [1.54, 1.807) is 16.0 Å². The number of nitrogens with zero attached hydrogens (tertiary/aromatic N) is 1. The Morgan fingerprint density at radius 3 is 2.06 bits per heavy atom. The van der Waals surface area contributed by atoms with E-state index in [4.69, 9.17) is 9.47 Å². The number of likely N-dealkylation sites (tertiary alicyclic amines) is 1. The summed E-state index contributed by atoms with van der Waals surface area (Å²) in [7, 11) is 0. The molecule has 6 fully saturated rings. The van der Waals surface area contributed by atoms with Crippen molar-refractivity contribution in [3.8, 4) is 23.7 Å². The zero-order valence-electron chi connectivity index (χ0n) is 29.7. The molecule has 2 heterocycles. The number of piperidine rings is 1. The van der Waals surface area contributed by atoms with Crippen LogP contribution in [0.5, 0.6) is 0 Å². The van der Waals surface area contributed by atoms with Gasteiger partial charge in [0.15, 0.2) is 0 Å². The van der Waals surface area contributed by atoms with E-state index in [0.29, 0.717) is 38.0 Å². The number of ether oxygens (including phenoxy) is 2. The lowest BCUT2D eigenvalue weighted by atomic mass is 9.68. The highest BCUT2D eigenvalue weighted by atomic mass is 16.5. The second-order valence-electron chi connectivity index (χ2n) is 15.6. The van der Waals surface area contributed by atoms with Crippen LogP contribution in [-0.4, -0.2) is 71.8 Å². The van der Waals surface area contributed by atoms with Crippen molar-refractivity contribution in [2.45, 2.75) is 153 Å². The minimum Gasteiger partial charge on any atom is -0.393 e. The Hall–Kier alpha value is -2.65. The first kappa shape index (κ1) is 36.2. The third-order valence-electron chi connectivity index (χ3n) is 12.7. The Morgan fingerprint density at radius 2 is 1.41 bits per heavy atom. The van der Waals surface area contributed by atoms with Gasteiger partial charge in [0.2, 0.25) is 17.7 Å². The van der Waals surface area contributed by atoms with Crippen molar-refractivity contribution in [1.29, 1.82) is 0 Å². The van der Waals surface area contributed by atoms with E-state index in [2.05, 4.69) is 35.9 Å². The van der Waals surface area contributed by atoms with Crippen molar-refractivity contribution < 1.29 is 29.0 Å². The van der Waals surface area contributed by atoms with Gasteiger partial charge in [0.05, 0.1) is 18.3 Å². The molecular weight excluding hydrogens is 616 g/mol. The minimum atomic E-state index is -0.531. The predicted octanol–water partition coefficient (Wildman–Crippen LogP) is 5.86. The second-order valence-corrected chi connectivity index (χ2v) is 15.6. The summed E-state index contributed by atoms with van der Waals surface area (Å²) in [4.78, 5) is 38.6. The minimum absolute atomic E-state index is 0.0473. The van der Waals surface area contributed by atoms with E-state index < -0.39 is 6.04 Å². The third-order valence-corrected chi connectivity index (χ3v) is 12.7. The van der Waals surface area contributed by atoms with Gasteiger partial charge in [-0.1, -0.05) is 49.2 Å². The van der Waals surface area contributed by atoms with E-state index in [-0.39, 0.29) is 54.3 Å². The van der Waals surface area contributed by atoms with Gasteiger partial charge in [-0.2, -0.15) is 0 Å². The van der Waals surface area contributed by atoms with Crippen molar-refractivity contribution in [3.63, 3.8) is 0 Å². The molecule has 0 bridgehead atoms. The number of hydrogen-bond acceptors (Lipinski definition) is 6. The Balaban J connectivity index is 0.913. The van der Waals surface area contributed by atoms with Crippen molar-refractivity contribution >= 4 is 17.7 Å². The van der Waals surface area contributed by atoms with E-state index >= 15 is 0 Å². The molecule has 4 saturated carbocycles. The number of fused-ring (bicyclic) bond motifs is 1. The molecule has 6 rings (SSSR count). The van der Waals surface area contributed by atoms with Crippen molar-refractivity contribution in [1.82, 2.24) is 10.2 Å². The van der Waals surface area contributed by atoms with E-state index in [1.807, 2.05) is 0 Å². The molecule has 4 atom stereocenters. The van der Waals surface area contributed by atoms with Crippen LogP contribution in [0.1, 0.15) is 129 Å². The van der Waals surface area contributed by atoms with Gasteiger partial charge in [0.1, 0.15) is 19.3 Å². The maximum Gasteiger partial charge on any atom is 0.249 e. The predicted molar refractivity (Wildman–Crippen MR) is 188 cm³/mol. The lowest BCUT2D eigenvalue weighted by molar-refractivity contribution is -0.145. The number of amides is 3. The molecule has 2 N–H and O–H groups in total. The van der Waals surface area contributed by atoms with Crippen LogP contribution in [0.15, 0.2) is 11.1 Å². The summed E-state index contributed by atoms with van der Waals surface area (Å²) < 4.78 is 12.2. The Bertz CT molecular complexity index is 1330. The van der Waals surface area contributed by atoms with Crippen LogP contribution in [0.4, 0.5) is 0 Å². The number of allylic oxidation sites excluding steroid dienone is 2. The molecule has 4 unspecified atom stereocenters. The van der Waals surface area contributed by atoms with E-state index in [9.17, 15) is 19.5 Å². The maximum absolute atomic E-state index is 13.0. The van der Waals surface area contributed by atoms with Gasteiger partial charge in [-0.3, -0.25) is 19.7 Å². The average Bonchev–Trinajstić information content (AvgIpc) is 3.44. The molecule has 3 amide bonds. The Labute approximate surface area is 293 Å². The first-order valence-electron chi connectivity index (χ1n) is 19.6. The van der Waals surface area contributed by atoms with Crippen molar-refractivity contribution in [2.75, 3.05) is 19.8 Å². The molecular formula is C41H58N2O6. The fraction of sp³-hybridized carbons (Fsp3) is 0.780. The number of aliphatic hydroxyl groups excluding tert-OH is 1. The molecule has 268 valence electrons. The van der Waals surface area contributed by atoms with Crippen molar-refractivity contribution in [3.05, 3.63) is 11.1 Å². The number of rotatable bonds is 9. The molecule has 6 aliphatic rings. The van der Waals surface area contributed by atoms with Gasteiger partial charge in [-0.25, -0.2) is 0 Å². The Kier molecular flexibility index (Phi) is 12.9. The standard InChI is InChI=1S/C41H58N2O6/c1-2-35(28-10-6-5-7-11-28)39(29-12-16-32(44)17-13-29)30-14-18-33(19-15-30)48-24-8-3-4-9-25-49-34-20-21-36-31(26-34)27-43(41(36)47)37-22-23-38(45)42-40(37)46/h28-34,36-37,44H,2,5-7,10-27H2,1H3,(H,42,45,46)/b39-35-. The fourth-order valence-electron chi connectivity index (χ4n) is 10.2. The molecule has 2 aliphatic heterocycles. The topological polar surface area (TPSA) is 105 Å². The number of carbonyl (C=O) groups is 3. The molecule has 2 saturated heterocycles. The number of aliphatic hydroxyl groups is 1. The molecule has 49 heavy (non-hydrogen) atoms. The molecule has 4 aliphatic carbocycles. The summed E-state index contributed by atoms with van der Waals surface area (Å²) in [5, 5.41) is 12.6. The summed E-state index contributed by atoms with van der Waals surface area (Å²) in [5.41, 5.74) is 3.59. The lowest BCUT2D eigenvalue weighted by Gasteiger charge is -2.39. The van der Waals surface area contributed by atoms with E-state index in [0.717, 1.165) is 63.7 Å². The molecule has 0 aromatic rings. The monoisotopic (exact) mass is 674 g/mol. The summed E-state index contributed by atoms with van der Waals surface area (Å²) >= 11 is 0. The molecule has 8 nitrogen and oxygen atoms in total. The molecule has 8 heteroatoms. The summed E-state index contributed by atoms with van der Waals surface area (Å²) in [6, 6.07) is -0.531. The van der Waals surface area contributed by atoms with Gasteiger partial charge in [-0.15, -0.1) is 0 Å². The molecule has 0 radical (unpaired) electrons. The second kappa shape index (κ2) is 17.5. The van der Waals surface area contributed by atoms with Crippen LogP contribution in [0.25, 0.3) is 0 Å². The third kappa shape index (κ3) is 9.18. The quantitative estimate of drug-likeness (QED) is 0.181. The fourth-order valence-corrected chi connectivity index (χ4v) is 10.2. The first-order chi connectivity index (χ1) is 23.9. The van der Waals surface area contributed by atoms with Crippen LogP contribution in [0.3, 0.4) is 0 Å². The smallest absolute Gasteiger partial charge is 0.249 e. The van der Waals surface area contributed by atoms with E-state index in [1.165, 1.54) is 51.4 Å². The van der Waals surface area contributed by atoms with Crippen LogP contribution in [0, 0.1) is 53.3 Å². The van der Waals surface area contributed by atoms with Gasteiger partial charge < -0.3 is 19.5 Å². The summed E-state index contributed by atoms with van der Waals surface area (Å²) in [5.74, 6) is 13.6. The van der Waals surface area contributed by atoms with Gasteiger partial charge in [0, 0.05) is 18.9 Å². The van der Waals surface area contributed by atoms with Gasteiger partial charge >= 0.3 is 0 Å². The number of carbonyl (C=O) groups excluding carboxylic acids is 3. The Morgan fingerprint density at radius 1 is 0.776 bits per heavy atom. The molecule has 0 aromatic heterocycles. The van der Waals surface area contributed by atoms with Crippen LogP contribution in [-0.2, 0) is 23.9 Å². The molecule has 0 spiro atoms.